The van der Waals surface area contributed by atoms with Gasteiger partial charge < -0.3 is 5.73 Å². The summed E-state index contributed by atoms with van der Waals surface area (Å²) >= 11 is 1.11. The Morgan fingerprint density at radius 2 is 2.00 bits per heavy atom. The molecule has 1 aromatic heterocycles. The van der Waals surface area contributed by atoms with E-state index in [4.69, 9.17) is 5.73 Å². The lowest BCUT2D eigenvalue weighted by Gasteiger charge is -2.04. The van der Waals surface area contributed by atoms with Gasteiger partial charge in [0.15, 0.2) is 0 Å². The molecule has 0 atom stereocenters. The van der Waals surface area contributed by atoms with E-state index in [2.05, 4.69) is 0 Å². The zero-order valence-corrected chi connectivity index (χ0v) is 8.37. The molecule has 0 unspecified atom stereocenters. The van der Waals surface area contributed by atoms with Gasteiger partial charge in [-0.3, -0.25) is 0 Å². The van der Waals surface area contributed by atoms with Crippen molar-refractivity contribution in [1.82, 2.24) is 0 Å². The lowest BCUT2D eigenvalue weighted by molar-refractivity contribution is 0.0216. The molecule has 0 aliphatic heterocycles. The van der Waals surface area contributed by atoms with Crippen LogP contribution in [0.1, 0.15) is 11.8 Å². The number of fused-ring (bicyclic) bond motifs is 1. The summed E-state index contributed by atoms with van der Waals surface area (Å²) in [6.45, 7) is 0.904. The summed E-state index contributed by atoms with van der Waals surface area (Å²) < 4.78 is 26.8. The molecule has 0 fully saturated rings. The molecule has 0 saturated heterocycles. The van der Waals surface area contributed by atoms with Gasteiger partial charge in [0.2, 0.25) is 0 Å². The molecular weight excluding hydrogens is 204 g/mol. The van der Waals surface area contributed by atoms with Crippen LogP contribution in [-0.4, -0.2) is 0 Å². The minimum absolute atomic E-state index is 0.0816. The number of anilines is 1. The SMILES string of the molecule is CC(F)(F)c1cc2cc(N)ccc2s1. The van der Waals surface area contributed by atoms with Crippen LogP contribution in [0.2, 0.25) is 0 Å². The summed E-state index contributed by atoms with van der Waals surface area (Å²) in [5, 5.41) is 0.784. The molecule has 1 heterocycles. The summed E-state index contributed by atoms with van der Waals surface area (Å²) in [6.07, 6.45) is 0. The molecule has 0 bridgehead atoms. The number of benzene rings is 1. The smallest absolute Gasteiger partial charge is 0.279 e. The Balaban J connectivity index is 2.63. The molecule has 2 N–H and O–H groups in total. The van der Waals surface area contributed by atoms with E-state index < -0.39 is 5.92 Å². The van der Waals surface area contributed by atoms with E-state index in [0.717, 1.165) is 28.3 Å². The molecule has 1 nitrogen and oxygen atoms in total. The van der Waals surface area contributed by atoms with Crippen LogP contribution < -0.4 is 5.73 Å². The van der Waals surface area contributed by atoms with Gasteiger partial charge in [-0.15, -0.1) is 11.3 Å². The van der Waals surface area contributed by atoms with E-state index in [1.807, 2.05) is 0 Å². The van der Waals surface area contributed by atoms with E-state index in [9.17, 15) is 8.78 Å². The second kappa shape index (κ2) is 2.92. The maximum absolute atomic E-state index is 13.0. The van der Waals surface area contributed by atoms with Crippen molar-refractivity contribution in [1.29, 1.82) is 0 Å². The molecule has 0 aliphatic rings. The Labute approximate surface area is 84.2 Å². The van der Waals surface area contributed by atoms with Crippen LogP contribution in [0.5, 0.6) is 0 Å². The Bertz CT molecular complexity index is 470. The van der Waals surface area contributed by atoms with Crippen LogP contribution in [-0.2, 0) is 5.92 Å². The molecule has 0 aliphatic carbocycles. The van der Waals surface area contributed by atoms with Gasteiger partial charge in [0.05, 0.1) is 4.88 Å². The quantitative estimate of drug-likeness (QED) is 0.720. The van der Waals surface area contributed by atoms with Crippen molar-refractivity contribution in [3.8, 4) is 0 Å². The predicted molar refractivity (Wildman–Crippen MR) is 55.8 cm³/mol. The van der Waals surface area contributed by atoms with E-state index >= 15 is 0 Å². The van der Waals surface area contributed by atoms with Gasteiger partial charge in [-0.2, -0.15) is 0 Å². The van der Waals surface area contributed by atoms with E-state index in [1.54, 1.807) is 18.2 Å². The summed E-state index contributed by atoms with van der Waals surface area (Å²) in [7, 11) is 0. The molecular formula is C10H9F2NS. The fraction of sp³-hybridized carbons (Fsp3) is 0.200. The lowest BCUT2D eigenvalue weighted by atomic mass is 10.2. The Kier molecular flexibility index (Phi) is 1.96. The number of halogens is 2. The number of hydrogen-bond acceptors (Lipinski definition) is 2. The third-order valence-electron chi connectivity index (χ3n) is 1.97. The minimum Gasteiger partial charge on any atom is -0.399 e. The van der Waals surface area contributed by atoms with Crippen LogP contribution >= 0.6 is 11.3 Å². The average molecular weight is 213 g/mol. The van der Waals surface area contributed by atoms with E-state index in [0.29, 0.717) is 5.69 Å². The molecule has 4 heteroatoms. The lowest BCUT2D eigenvalue weighted by Crippen LogP contribution is -2.02. The van der Waals surface area contributed by atoms with E-state index in [-0.39, 0.29) is 4.88 Å². The highest BCUT2D eigenvalue weighted by molar-refractivity contribution is 7.19. The van der Waals surface area contributed by atoms with Crippen molar-refractivity contribution in [3.63, 3.8) is 0 Å². The van der Waals surface area contributed by atoms with Gasteiger partial charge in [0.25, 0.3) is 5.92 Å². The fourth-order valence-corrected chi connectivity index (χ4v) is 2.25. The van der Waals surface area contributed by atoms with Crippen molar-refractivity contribution in [2.75, 3.05) is 5.73 Å². The zero-order chi connectivity index (χ0) is 10.3. The van der Waals surface area contributed by atoms with Gasteiger partial charge in [-0.25, -0.2) is 8.78 Å². The molecule has 0 spiro atoms. The first-order chi connectivity index (χ1) is 6.47. The molecule has 0 saturated carbocycles. The molecule has 2 aromatic rings. The largest absolute Gasteiger partial charge is 0.399 e. The van der Waals surface area contributed by atoms with Crippen molar-refractivity contribution in [3.05, 3.63) is 29.1 Å². The van der Waals surface area contributed by atoms with Crippen LogP contribution in [0, 0.1) is 0 Å². The van der Waals surface area contributed by atoms with Crippen LogP contribution in [0.15, 0.2) is 24.3 Å². The standard InChI is InChI=1S/C10H9F2NS/c1-10(11,12)9-5-6-4-7(13)2-3-8(6)14-9/h2-5H,13H2,1H3. The van der Waals surface area contributed by atoms with E-state index in [1.165, 1.54) is 6.07 Å². The Hall–Kier alpha value is -1.16. The van der Waals surface area contributed by atoms with Crippen molar-refractivity contribution < 1.29 is 8.78 Å². The number of nitrogen functional groups attached to an aromatic ring is 1. The summed E-state index contributed by atoms with van der Waals surface area (Å²) in [4.78, 5) is 0.0816. The molecule has 14 heavy (non-hydrogen) atoms. The van der Waals surface area contributed by atoms with Crippen molar-refractivity contribution in [2.24, 2.45) is 0 Å². The van der Waals surface area contributed by atoms with Crippen LogP contribution in [0.25, 0.3) is 10.1 Å². The van der Waals surface area contributed by atoms with Crippen LogP contribution in [0.3, 0.4) is 0 Å². The first-order valence-electron chi connectivity index (χ1n) is 4.14. The first kappa shape index (κ1) is 9.40. The molecule has 1 aromatic carbocycles. The van der Waals surface area contributed by atoms with Gasteiger partial charge in [0, 0.05) is 17.3 Å². The van der Waals surface area contributed by atoms with Crippen LogP contribution in [0.4, 0.5) is 14.5 Å². The molecule has 74 valence electrons. The Morgan fingerprint density at radius 3 is 2.64 bits per heavy atom. The Morgan fingerprint density at radius 1 is 1.29 bits per heavy atom. The van der Waals surface area contributed by atoms with Gasteiger partial charge in [0.1, 0.15) is 0 Å². The summed E-state index contributed by atoms with van der Waals surface area (Å²) in [5.41, 5.74) is 6.16. The summed E-state index contributed by atoms with van der Waals surface area (Å²) in [5.74, 6) is -2.77. The monoisotopic (exact) mass is 213 g/mol. The number of thiophene rings is 1. The highest BCUT2D eigenvalue weighted by Crippen LogP contribution is 2.37. The normalized spacial score (nSPS) is 12.2. The second-order valence-corrected chi connectivity index (χ2v) is 4.38. The number of nitrogens with two attached hydrogens (primary N) is 1. The number of alkyl halides is 2. The van der Waals surface area contributed by atoms with Gasteiger partial charge in [-0.05, 0) is 29.7 Å². The van der Waals surface area contributed by atoms with Gasteiger partial charge >= 0.3 is 0 Å². The molecule has 0 radical (unpaired) electrons. The second-order valence-electron chi connectivity index (χ2n) is 3.30. The van der Waals surface area contributed by atoms with Gasteiger partial charge in [-0.1, -0.05) is 0 Å². The predicted octanol–water partition coefficient (Wildman–Crippen LogP) is 3.60. The molecule has 2 rings (SSSR count). The van der Waals surface area contributed by atoms with Crippen molar-refractivity contribution >= 4 is 27.1 Å². The van der Waals surface area contributed by atoms with Crippen molar-refractivity contribution in [2.45, 2.75) is 12.8 Å². The maximum Gasteiger partial charge on any atom is 0.279 e. The third kappa shape index (κ3) is 1.57. The average Bonchev–Trinajstić information content (AvgIpc) is 2.45. The summed E-state index contributed by atoms with van der Waals surface area (Å²) in [6, 6.07) is 6.69. The highest BCUT2D eigenvalue weighted by Gasteiger charge is 2.26. The zero-order valence-electron chi connectivity index (χ0n) is 7.55. The third-order valence-corrected chi connectivity index (χ3v) is 3.26. The minimum atomic E-state index is -2.77. The maximum atomic E-state index is 13.0. The topological polar surface area (TPSA) is 26.0 Å². The molecule has 0 amide bonds. The highest BCUT2D eigenvalue weighted by atomic mass is 32.1. The number of rotatable bonds is 1. The fourth-order valence-electron chi connectivity index (χ4n) is 1.28. The first-order valence-corrected chi connectivity index (χ1v) is 4.96. The number of hydrogen-bond donors (Lipinski definition) is 1.